The molecule has 0 heterocycles. The number of amides is 2. The van der Waals surface area contributed by atoms with Gasteiger partial charge in [0.15, 0.2) is 11.5 Å². The van der Waals surface area contributed by atoms with E-state index in [0.717, 1.165) is 21.7 Å². The van der Waals surface area contributed by atoms with Gasteiger partial charge in [0.25, 0.3) is 0 Å². The Morgan fingerprint density at radius 2 is 1.57 bits per heavy atom. The fraction of sp³-hybridized carbons (Fsp3) is 0.355. The van der Waals surface area contributed by atoms with E-state index < -0.39 is 28.5 Å². The minimum atomic E-state index is -3.93. The highest BCUT2D eigenvalue weighted by Gasteiger charge is 2.33. The first-order valence-electron chi connectivity index (χ1n) is 13.5. The highest BCUT2D eigenvalue weighted by atomic mass is 35.5. The SMILES string of the molecule is CC[C@H](C)NC(=O)[C@@H](Cc1ccccc1)N(Cc1ccc(Cl)cc1)C(=O)CN(c1ccc(OC)c(OC)c1)S(C)(=O)=O. The molecule has 0 aliphatic heterocycles. The van der Waals surface area contributed by atoms with Gasteiger partial charge in [-0.25, -0.2) is 8.42 Å². The third-order valence-corrected chi connectivity index (χ3v) is 8.27. The number of hydrogen-bond donors (Lipinski definition) is 1. The van der Waals surface area contributed by atoms with E-state index >= 15 is 0 Å². The summed E-state index contributed by atoms with van der Waals surface area (Å²) in [6.07, 6.45) is 1.96. The first-order valence-corrected chi connectivity index (χ1v) is 15.8. The summed E-state index contributed by atoms with van der Waals surface area (Å²) in [4.78, 5) is 29.3. The topological polar surface area (TPSA) is 105 Å². The number of anilines is 1. The molecule has 42 heavy (non-hydrogen) atoms. The highest BCUT2D eigenvalue weighted by Crippen LogP contribution is 2.32. The number of rotatable bonds is 14. The van der Waals surface area contributed by atoms with E-state index in [0.29, 0.717) is 22.9 Å². The van der Waals surface area contributed by atoms with E-state index in [-0.39, 0.29) is 30.6 Å². The van der Waals surface area contributed by atoms with Gasteiger partial charge in [-0.2, -0.15) is 0 Å². The number of sulfonamides is 1. The Bertz CT molecular complexity index is 1450. The van der Waals surface area contributed by atoms with E-state index in [2.05, 4.69) is 5.32 Å². The zero-order valence-corrected chi connectivity index (χ0v) is 26.1. The predicted molar refractivity (Wildman–Crippen MR) is 166 cm³/mol. The molecule has 2 amide bonds. The van der Waals surface area contributed by atoms with E-state index in [9.17, 15) is 18.0 Å². The Kier molecular flexibility index (Phi) is 11.6. The average molecular weight is 616 g/mol. The zero-order chi connectivity index (χ0) is 30.9. The second-order valence-corrected chi connectivity index (χ2v) is 12.3. The van der Waals surface area contributed by atoms with Crippen molar-refractivity contribution in [3.8, 4) is 11.5 Å². The van der Waals surface area contributed by atoms with Gasteiger partial charge in [-0.15, -0.1) is 0 Å². The zero-order valence-electron chi connectivity index (χ0n) is 24.5. The molecule has 1 N–H and O–H groups in total. The molecule has 3 aromatic carbocycles. The van der Waals surface area contributed by atoms with Crippen LogP contribution in [0.1, 0.15) is 31.4 Å². The number of methoxy groups -OCH3 is 2. The largest absolute Gasteiger partial charge is 0.493 e. The van der Waals surface area contributed by atoms with Crippen molar-refractivity contribution in [2.75, 3.05) is 31.3 Å². The molecule has 0 radical (unpaired) electrons. The Morgan fingerprint density at radius 3 is 2.14 bits per heavy atom. The van der Waals surface area contributed by atoms with Crippen molar-refractivity contribution in [2.45, 2.75) is 45.3 Å². The molecular weight excluding hydrogens is 578 g/mol. The molecule has 0 aliphatic carbocycles. The lowest BCUT2D eigenvalue weighted by molar-refractivity contribution is -0.140. The number of hydrogen-bond acceptors (Lipinski definition) is 6. The molecule has 0 spiro atoms. The van der Waals surface area contributed by atoms with Crippen LogP contribution in [0.2, 0.25) is 5.02 Å². The van der Waals surface area contributed by atoms with Gasteiger partial charge in [-0.05, 0) is 48.7 Å². The maximum atomic E-state index is 14.2. The van der Waals surface area contributed by atoms with Crippen LogP contribution >= 0.6 is 11.6 Å². The third kappa shape index (κ3) is 8.87. The van der Waals surface area contributed by atoms with Crippen molar-refractivity contribution in [1.29, 1.82) is 0 Å². The number of benzene rings is 3. The van der Waals surface area contributed by atoms with Crippen LogP contribution in [0.3, 0.4) is 0 Å². The molecule has 0 saturated carbocycles. The maximum Gasteiger partial charge on any atom is 0.244 e. The minimum Gasteiger partial charge on any atom is -0.493 e. The van der Waals surface area contributed by atoms with Gasteiger partial charge in [-0.3, -0.25) is 13.9 Å². The summed E-state index contributed by atoms with van der Waals surface area (Å²) < 4.78 is 37.7. The standard InChI is InChI=1S/C31H38ClN3O6S/c1-6-22(2)33-31(37)27(18-23-10-8-7-9-11-23)34(20-24-12-14-25(32)15-13-24)30(36)21-35(42(5,38)39)26-16-17-28(40-3)29(19-26)41-4/h7-17,19,22,27H,6,18,20-21H2,1-5H3,(H,33,37)/t22-,27+/m0/s1. The smallest absolute Gasteiger partial charge is 0.244 e. The van der Waals surface area contributed by atoms with Gasteiger partial charge in [0.05, 0.1) is 26.2 Å². The number of halogens is 1. The summed E-state index contributed by atoms with van der Waals surface area (Å²) in [5.74, 6) is -0.156. The van der Waals surface area contributed by atoms with Crippen molar-refractivity contribution in [3.63, 3.8) is 0 Å². The quantitative estimate of drug-likeness (QED) is 0.282. The second-order valence-electron chi connectivity index (χ2n) is 9.98. The number of nitrogens with zero attached hydrogens (tertiary/aromatic N) is 2. The summed E-state index contributed by atoms with van der Waals surface area (Å²) in [6.45, 7) is 3.38. The highest BCUT2D eigenvalue weighted by molar-refractivity contribution is 7.92. The van der Waals surface area contributed by atoms with Crippen molar-refractivity contribution in [1.82, 2.24) is 10.2 Å². The number of carbonyl (C=O) groups excluding carboxylic acids is 2. The van der Waals surface area contributed by atoms with Gasteiger partial charge in [0.1, 0.15) is 12.6 Å². The Labute approximate surface area is 253 Å². The normalized spacial score (nSPS) is 12.6. The van der Waals surface area contributed by atoms with Crippen molar-refractivity contribution in [2.24, 2.45) is 0 Å². The number of ether oxygens (including phenoxy) is 2. The van der Waals surface area contributed by atoms with Crippen LogP contribution in [0.5, 0.6) is 11.5 Å². The molecule has 0 fully saturated rings. The van der Waals surface area contributed by atoms with Gasteiger partial charge in [0.2, 0.25) is 21.8 Å². The fourth-order valence-corrected chi connectivity index (χ4v) is 5.34. The van der Waals surface area contributed by atoms with E-state index in [1.807, 2.05) is 44.2 Å². The van der Waals surface area contributed by atoms with Crippen LogP contribution in [0.4, 0.5) is 5.69 Å². The maximum absolute atomic E-state index is 14.2. The van der Waals surface area contributed by atoms with Crippen LogP contribution in [0.15, 0.2) is 72.8 Å². The van der Waals surface area contributed by atoms with Crippen molar-refractivity contribution in [3.05, 3.63) is 88.9 Å². The summed E-state index contributed by atoms with van der Waals surface area (Å²) in [5, 5.41) is 3.54. The Hall–Kier alpha value is -3.76. The molecule has 0 aliphatic rings. The number of nitrogens with one attached hydrogen (secondary N) is 1. The molecule has 0 unspecified atom stereocenters. The fourth-order valence-electron chi connectivity index (χ4n) is 4.38. The molecule has 226 valence electrons. The molecule has 0 aromatic heterocycles. The van der Waals surface area contributed by atoms with Crippen molar-refractivity contribution < 1.29 is 27.5 Å². The summed E-state index contributed by atoms with van der Waals surface area (Å²) in [7, 11) is -1.01. The lowest BCUT2D eigenvalue weighted by Gasteiger charge is -2.34. The first-order chi connectivity index (χ1) is 20.0. The summed E-state index contributed by atoms with van der Waals surface area (Å²) in [5.41, 5.74) is 1.81. The van der Waals surface area contributed by atoms with Gasteiger partial charge >= 0.3 is 0 Å². The van der Waals surface area contributed by atoms with Crippen LogP contribution in [-0.4, -0.2) is 64.2 Å². The molecule has 11 heteroatoms. The molecule has 3 aromatic rings. The summed E-state index contributed by atoms with van der Waals surface area (Å²) in [6, 6.07) is 19.9. The summed E-state index contributed by atoms with van der Waals surface area (Å²) >= 11 is 6.10. The van der Waals surface area contributed by atoms with Crippen LogP contribution < -0.4 is 19.1 Å². The predicted octanol–water partition coefficient (Wildman–Crippen LogP) is 4.68. The molecular formula is C31H38ClN3O6S. The Balaban J connectivity index is 2.07. The molecule has 9 nitrogen and oxygen atoms in total. The van der Waals surface area contributed by atoms with Crippen molar-refractivity contribution >= 4 is 39.1 Å². The van der Waals surface area contributed by atoms with Gasteiger partial charge < -0.3 is 19.7 Å². The molecule has 0 saturated heterocycles. The van der Waals surface area contributed by atoms with E-state index in [1.54, 1.807) is 30.3 Å². The first kappa shape index (κ1) is 32.8. The van der Waals surface area contributed by atoms with Gasteiger partial charge in [-0.1, -0.05) is 61.0 Å². The average Bonchev–Trinajstić information content (AvgIpc) is 2.97. The van der Waals surface area contributed by atoms with E-state index in [4.69, 9.17) is 21.1 Å². The molecule has 3 rings (SSSR count). The van der Waals surface area contributed by atoms with E-state index in [1.165, 1.54) is 31.3 Å². The third-order valence-electron chi connectivity index (χ3n) is 6.87. The van der Waals surface area contributed by atoms with Crippen LogP contribution in [-0.2, 0) is 32.6 Å². The van der Waals surface area contributed by atoms with Crippen LogP contribution in [0.25, 0.3) is 0 Å². The minimum absolute atomic E-state index is 0.0605. The number of carbonyl (C=O) groups is 2. The van der Waals surface area contributed by atoms with Crippen LogP contribution in [0, 0.1) is 0 Å². The second kappa shape index (κ2) is 14.9. The monoisotopic (exact) mass is 615 g/mol. The molecule has 2 atom stereocenters. The Morgan fingerprint density at radius 1 is 0.929 bits per heavy atom. The molecule has 0 bridgehead atoms. The lowest BCUT2D eigenvalue weighted by Crippen LogP contribution is -2.54. The lowest BCUT2D eigenvalue weighted by atomic mass is 10.0. The van der Waals surface area contributed by atoms with Gasteiger partial charge in [0, 0.05) is 30.1 Å².